The van der Waals surface area contributed by atoms with Crippen LogP contribution in [-0.4, -0.2) is 34.0 Å². The Labute approximate surface area is 166 Å². The third kappa shape index (κ3) is 2.81. The first-order valence-corrected chi connectivity index (χ1v) is 8.53. The molecule has 0 bridgehead atoms. The summed E-state index contributed by atoms with van der Waals surface area (Å²) in [5, 5.41) is 3.62. The molecule has 11 heteroatoms. The monoisotopic (exact) mass is 419 g/mol. The van der Waals surface area contributed by atoms with E-state index in [-0.39, 0.29) is 22.8 Å². The summed E-state index contributed by atoms with van der Waals surface area (Å²) in [6, 6.07) is 3.92. The number of halogens is 4. The fourth-order valence-corrected chi connectivity index (χ4v) is 3.31. The number of rotatable bonds is 4. The molecule has 0 spiro atoms. The van der Waals surface area contributed by atoms with Crippen molar-refractivity contribution in [3.8, 4) is 11.3 Å². The normalized spacial score (nSPS) is 18.9. The standard InChI is InChI=1S/C19H13F4N5O2/c1-28-17(29)19(26-18(28)24,10-4-9(16(22)23)7-25-8-10)12-5-11(13(20)6-14(12)21)15-2-3-30-27-15/h2-8,16H,1H3,(H2,24,26). The van der Waals surface area contributed by atoms with Crippen molar-refractivity contribution in [2.45, 2.75) is 12.0 Å². The third-order valence-corrected chi connectivity index (χ3v) is 4.83. The summed E-state index contributed by atoms with van der Waals surface area (Å²) in [7, 11) is 1.30. The van der Waals surface area contributed by atoms with Crippen LogP contribution >= 0.6 is 0 Å². The van der Waals surface area contributed by atoms with Gasteiger partial charge in [0.1, 0.15) is 23.6 Å². The molecular formula is C19H13F4N5O2. The van der Waals surface area contributed by atoms with Gasteiger partial charge in [-0.15, -0.1) is 0 Å². The van der Waals surface area contributed by atoms with E-state index in [0.717, 1.165) is 29.4 Å². The topological polar surface area (TPSA) is 97.6 Å². The van der Waals surface area contributed by atoms with Crippen molar-refractivity contribution < 1.29 is 26.9 Å². The molecule has 4 rings (SSSR count). The lowest BCUT2D eigenvalue weighted by Crippen LogP contribution is -2.41. The number of guanidine groups is 1. The van der Waals surface area contributed by atoms with Crippen molar-refractivity contribution in [1.82, 2.24) is 15.0 Å². The Morgan fingerprint density at radius 3 is 2.53 bits per heavy atom. The average Bonchev–Trinajstić information content (AvgIpc) is 3.32. The van der Waals surface area contributed by atoms with E-state index >= 15 is 4.39 Å². The smallest absolute Gasteiger partial charge is 0.266 e. The van der Waals surface area contributed by atoms with Gasteiger partial charge in [0.25, 0.3) is 12.3 Å². The van der Waals surface area contributed by atoms with Gasteiger partial charge in [0.2, 0.25) is 0 Å². The molecule has 30 heavy (non-hydrogen) atoms. The van der Waals surface area contributed by atoms with Crippen LogP contribution < -0.4 is 5.73 Å². The summed E-state index contributed by atoms with van der Waals surface area (Å²) in [6.45, 7) is 0. The Bertz CT molecular complexity index is 1170. The zero-order chi connectivity index (χ0) is 21.6. The maximum atomic E-state index is 15.0. The molecular weight excluding hydrogens is 406 g/mol. The first-order chi connectivity index (χ1) is 14.3. The highest BCUT2D eigenvalue weighted by Crippen LogP contribution is 2.42. The fourth-order valence-electron chi connectivity index (χ4n) is 3.31. The van der Waals surface area contributed by atoms with E-state index in [0.29, 0.717) is 6.07 Å². The van der Waals surface area contributed by atoms with Gasteiger partial charge in [0.15, 0.2) is 11.5 Å². The van der Waals surface area contributed by atoms with Crippen LogP contribution in [0.3, 0.4) is 0 Å². The van der Waals surface area contributed by atoms with Crippen molar-refractivity contribution in [2.75, 3.05) is 7.05 Å². The van der Waals surface area contributed by atoms with Gasteiger partial charge < -0.3 is 10.3 Å². The Morgan fingerprint density at radius 1 is 1.17 bits per heavy atom. The van der Waals surface area contributed by atoms with E-state index in [1.807, 2.05) is 0 Å². The van der Waals surface area contributed by atoms with Crippen molar-refractivity contribution in [3.63, 3.8) is 0 Å². The predicted molar refractivity (Wildman–Crippen MR) is 96.2 cm³/mol. The van der Waals surface area contributed by atoms with E-state index in [9.17, 15) is 18.0 Å². The number of carbonyl (C=O) groups is 1. The zero-order valence-corrected chi connectivity index (χ0v) is 15.3. The molecule has 2 aromatic heterocycles. The van der Waals surface area contributed by atoms with Crippen LogP contribution in [0.15, 0.2) is 52.4 Å². The van der Waals surface area contributed by atoms with Gasteiger partial charge >= 0.3 is 0 Å². The lowest BCUT2D eigenvalue weighted by molar-refractivity contribution is -0.129. The lowest BCUT2D eigenvalue weighted by Gasteiger charge is -2.27. The van der Waals surface area contributed by atoms with Crippen molar-refractivity contribution in [2.24, 2.45) is 10.7 Å². The average molecular weight is 419 g/mol. The van der Waals surface area contributed by atoms with E-state index in [2.05, 4.69) is 15.1 Å². The molecule has 3 aromatic rings. The molecule has 0 aliphatic carbocycles. The molecule has 1 aliphatic rings. The van der Waals surface area contributed by atoms with Gasteiger partial charge in [-0.25, -0.2) is 22.6 Å². The number of aliphatic imine (C=N–C) groups is 1. The number of amides is 1. The number of nitrogens with two attached hydrogens (primary N) is 1. The molecule has 3 heterocycles. The minimum absolute atomic E-state index is 0.0408. The maximum Gasteiger partial charge on any atom is 0.266 e. The number of alkyl halides is 2. The van der Waals surface area contributed by atoms with E-state index in [1.54, 1.807) is 0 Å². The van der Waals surface area contributed by atoms with Crippen LogP contribution in [0.4, 0.5) is 17.6 Å². The highest BCUT2D eigenvalue weighted by Gasteiger charge is 2.51. The van der Waals surface area contributed by atoms with Gasteiger partial charge in [0.05, 0.1) is 0 Å². The van der Waals surface area contributed by atoms with Crippen LogP contribution in [0.25, 0.3) is 11.3 Å². The molecule has 0 saturated heterocycles. The Morgan fingerprint density at radius 2 is 1.93 bits per heavy atom. The highest BCUT2D eigenvalue weighted by molar-refractivity contribution is 6.09. The van der Waals surface area contributed by atoms with Crippen LogP contribution in [0.5, 0.6) is 0 Å². The number of aromatic nitrogens is 2. The molecule has 1 amide bonds. The maximum absolute atomic E-state index is 15.0. The molecule has 1 atom stereocenters. The van der Waals surface area contributed by atoms with Crippen molar-refractivity contribution in [1.29, 1.82) is 0 Å². The van der Waals surface area contributed by atoms with Gasteiger partial charge in [-0.2, -0.15) is 0 Å². The summed E-state index contributed by atoms with van der Waals surface area (Å²) in [4.78, 5) is 22.0. The van der Waals surface area contributed by atoms with Gasteiger partial charge in [-0.1, -0.05) is 5.16 Å². The van der Waals surface area contributed by atoms with Gasteiger partial charge in [-0.3, -0.25) is 14.7 Å². The second-order valence-corrected chi connectivity index (χ2v) is 6.55. The Balaban J connectivity index is 2.03. The van der Waals surface area contributed by atoms with Crippen molar-refractivity contribution in [3.05, 3.63) is 71.2 Å². The van der Waals surface area contributed by atoms with E-state index < -0.39 is 40.6 Å². The summed E-state index contributed by atoms with van der Waals surface area (Å²) in [5.74, 6) is -3.17. The van der Waals surface area contributed by atoms with Crippen LogP contribution in [0.2, 0.25) is 0 Å². The summed E-state index contributed by atoms with van der Waals surface area (Å²) < 4.78 is 60.7. The molecule has 0 fully saturated rings. The largest absolute Gasteiger partial charge is 0.369 e. The van der Waals surface area contributed by atoms with Crippen LogP contribution in [0.1, 0.15) is 23.1 Å². The molecule has 7 nitrogen and oxygen atoms in total. The minimum atomic E-state index is -2.89. The van der Waals surface area contributed by atoms with Gasteiger partial charge in [0, 0.05) is 53.8 Å². The number of pyridine rings is 1. The molecule has 2 N–H and O–H groups in total. The highest BCUT2D eigenvalue weighted by atomic mass is 19.3. The molecule has 1 unspecified atom stereocenters. The number of hydrogen-bond acceptors (Lipinski definition) is 6. The van der Waals surface area contributed by atoms with Crippen molar-refractivity contribution >= 4 is 11.9 Å². The minimum Gasteiger partial charge on any atom is -0.369 e. The summed E-state index contributed by atoms with van der Waals surface area (Å²) in [6.07, 6.45) is 0.320. The molecule has 0 saturated carbocycles. The number of likely N-dealkylation sites (N-methyl/N-ethyl adjacent to an activating group) is 1. The third-order valence-electron chi connectivity index (χ3n) is 4.83. The Kier molecular flexibility index (Phi) is 4.52. The van der Waals surface area contributed by atoms with Gasteiger partial charge in [-0.05, 0) is 12.1 Å². The zero-order valence-electron chi connectivity index (χ0n) is 15.3. The number of carbonyl (C=O) groups excluding carboxylic acids is 1. The summed E-state index contributed by atoms with van der Waals surface area (Å²) >= 11 is 0. The number of nitrogens with zero attached hydrogens (tertiary/aromatic N) is 4. The van der Waals surface area contributed by atoms with Crippen LogP contribution in [-0.2, 0) is 10.3 Å². The van der Waals surface area contributed by atoms with E-state index in [1.165, 1.54) is 19.4 Å². The summed E-state index contributed by atoms with van der Waals surface area (Å²) in [5.41, 5.74) is 2.45. The molecule has 0 radical (unpaired) electrons. The second kappa shape index (κ2) is 6.94. The second-order valence-electron chi connectivity index (χ2n) is 6.55. The number of hydrogen-bond donors (Lipinski definition) is 1. The van der Waals surface area contributed by atoms with E-state index in [4.69, 9.17) is 10.3 Å². The SMILES string of the molecule is CN1C(=O)C(c2cncc(C(F)F)c2)(c2cc(-c3ccon3)c(F)cc2F)N=C1N. The predicted octanol–water partition coefficient (Wildman–Crippen LogP) is 2.98. The van der Waals surface area contributed by atoms with Crippen LogP contribution in [0, 0.1) is 11.6 Å². The Hall–Kier alpha value is -3.76. The first-order valence-electron chi connectivity index (χ1n) is 8.53. The molecule has 154 valence electrons. The number of benzene rings is 1. The lowest BCUT2D eigenvalue weighted by atomic mass is 9.81. The molecule has 1 aromatic carbocycles. The first kappa shape index (κ1) is 19.6. The molecule has 1 aliphatic heterocycles. The quantitative estimate of drug-likeness (QED) is 0.656. The fraction of sp³-hybridized carbons (Fsp3) is 0.158.